The Morgan fingerprint density at radius 3 is 2.91 bits per heavy atom. The first kappa shape index (κ1) is 16.3. The summed E-state index contributed by atoms with van der Waals surface area (Å²) in [5, 5.41) is 18.4. The van der Waals surface area contributed by atoms with Crippen molar-refractivity contribution in [3.05, 3.63) is 29.4 Å². The topological polar surface area (TPSA) is 67.2 Å². The molecule has 3 rings (SSSR count). The SMILES string of the molecule is O=C(CCn1ncc2c(Cl)cccc21)NCC1(CO)CCCC1. The van der Waals surface area contributed by atoms with E-state index in [9.17, 15) is 9.90 Å². The van der Waals surface area contributed by atoms with Crippen molar-refractivity contribution in [3.63, 3.8) is 0 Å². The molecule has 0 atom stereocenters. The van der Waals surface area contributed by atoms with E-state index in [4.69, 9.17) is 11.6 Å². The van der Waals surface area contributed by atoms with Gasteiger partial charge >= 0.3 is 0 Å². The fraction of sp³-hybridized carbons (Fsp3) is 0.529. The third-order valence-corrected chi connectivity index (χ3v) is 5.17. The Balaban J connectivity index is 1.55. The molecule has 1 amide bonds. The van der Waals surface area contributed by atoms with Crippen LogP contribution in [0.1, 0.15) is 32.1 Å². The molecule has 1 aliphatic rings. The lowest BCUT2D eigenvalue weighted by molar-refractivity contribution is -0.122. The van der Waals surface area contributed by atoms with E-state index in [1.807, 2.05) is 18.2 Å². The number of carbonyl (C=O) groups excluding carboxylic acids is 1. The van der Waals surface area contributed by atoms with Crippen molar-refractivity contribution in [1.29, 1.82) is 0 Å². The number of nitrogens with one attached hydrogen (secondary N) is 1. The van der Waals surface area contributed by atoms with Gasteiger partial charge in [-0.25, -0.2) is 0 Å². The highest BCUT2D eigenvalue weighted by atomic mass is 35.5. The number of amides is 1. The summed E-state index contributed by atoms with van der Waals surface area (Å²) in [7, 11) is 0. The minimum atomic E-state index is -0.110. The van der Waals surface area contributed by atoms with E-state index in [2.05, 4.69) is 10.4 Å². The van der Waals surface area contributed by atoms with Gasteiger partial charge in [-0.2, -0.15) is 5.10 Å². The van der Waals surface area contributed by atoms with Crippen molar-refractivity contribution in [1.82, 2.24) is 15.1 Å². The zero-order valence-electron chi connectivity index (χ0n) is 13.1. The summed E-state index contributed by atoms with van der Waals surface area (Å²) in [5.41, 5.74) is 0.828. The Kier molecular flexibility index (Phi) is 4.87. The molecule has 1 fully saturated rings. The average molecular weight is 336 g/mol. The molecule has 1 aliphatic carbocycles. The van der Waals surface area contributed by atoms with Crippen LogP contribution in [0.5, 0.6) is 0 Å². The summed E-state index contributed by atoms with van der Waals surface area (Å²) in [6.45, 7) is 1.23. The van der Waals surface area contributed by atoms with Crippen molar-refractivity contribution < 1.29 is 9.90 Å². The second-order valence-corrected chi connectivity index (χ2v) is 6.84. The molecule has 124 valence electrons. The van der Waals surface area contributed by atoms with Crippen LogP contribution in [0.15, 0.2) is 24.4 Å². The summed E-state index contributed by atoms with van der Waals surface area (Å²) in [4.78, 5) is 12.1. The Morgan fingerprint density at radius 1 is 1.39 bits per heavy atom. The monoisotopic (exact) mass is 335 g/mol. The van der Waals surface area contributed by atoms with Crippen LogP contribution in [0.4, 0.5) is 0 Å². The number of fused-ring (bicyclic) bond motifs is 1. The normalized spacial score (nSPS) is 16.8. The number of benzene rings is 1. The molecule has 0 saturated heterocycles. The number of hydrogen-bond acceptors (Lipinski definition) is 3. The number of aryl methyl sites for hydroxylation is 1. The third kappa shape index (κ3) is 3.51. The molecule has 0 aliphatic heterocycles. The maximum absolute atomic E-state index is 12.1. The Morgan fingerprint density at radius 2 is 2.17 bits per heavy atom. The number of aliphatic hydroxyl groups is 1. The average Bonchev–Trinajstić information content (AvgIpc) is 3.19. The van der Waals surface area contributed by atoms with Gasteiger partial charge in [0.2, 0.25) is 5.91 Å². The van der Waals surface area contributed by atoms with Crippen LogP contribution < -0.4 is 5.32 Å². The maximum Gasteiger partial charge on any atom is 0.221 e. The summed E-state index contributed by atoms with van der Waals surface area (Å²) in [5.74, 6) is -0.00426. The largest absolute Gasteiger partial charge is 0.396 e. The third-order valence-electron chi connectivity index (χ3n) is 4.85. The molecule has 5 nitrogen and oxygen atoms in total. The summed E-state index contributed by atoms with van der Waals surface area (Å²) >= 11 is 6.13. The fourth-order valence-corrected chi connectivity index (χ4v) is 3.56. The molecule has 1 heterocycles. The smallest absolute Gasteiger partial charge is 0.221 e. The summed E-state index contributed by atoms with van der Waals surface area (Å²) in [6, 6.07) is 5.66. The van der Waals surface area contributed by atoms with Crippen molar-refractivity contribution in [2.45, 2.75) is 38.6 Å². The number of aliphatic hydroxyl groups excluding tert-OH is 1. The van der Waals surface area contributed by atoms with Crippen molar-refractivity contribution in [3.8, 4) is 0 Å². The molecule has 1 saturated carbocycles. The van der Waals surface area contributed by atoms with Gasteiger partial charge in [0.1, 0.15) is 0 Å². The van der Waals surface area contributed by atoms with Crippen LogP contribution in [0.25, 0.3) is 10.9 Å². The van der Waals surface area contributed by atoms with Crippen LogP contribution in [0.3, 0.4) is 0 Å². The van der Waals surface area contributed by atoms with E-state index in [0.717, 1.165) is 36.6 Å². The number of carbonyl (C=O) groups is 1. The molecule has 1 aromatic heterocycles. The molecule has 1 aromatic carbocycles. The molecule has 0 spiro atoms. The Hall–Kier alpha value is -1.59. The van der Waals surface area contributed by atoms with Gasteiger partial charge in [-0.05, 0) is 25.0 Å². The van der Waals surface area contributed by atoms with Crippen LogP contribution >= 0.6 is 11.6 Å². The first-order chi connectivity index (χ1) is 11.1. The van der Waals surface area contributed by atoms with Gasteiger partial charge < -0.3 is 10.4 Å². The first-order valence-corrected chi connectivity index (χ1v) is 8.49. The molecular formula is C17H22ClN3O2. The predicted octanol–water partition coefficient (Wildman–Crippen LogP) is 2.75. The van der Waals surface area contributed by atoms with Gasteiger partial charge in [0, 0.05) is 23.8 Å². The van der Waals surface area contributed by atoms with Gasteiger partial charge in [-0.1, -0.05) is 30.5 Å². The Labute approximate surface area is 140 Å². The molecule has 0 radical (unpaired) electrons. The highest BCUT2D eigenvalue weighted by Gasteiger charge is 2.33. The minimum Gasteiger partial charge on any atom is -0.396 e. The van der Waals surface area contributed by atoms with Crippen molar-refractivity contribution >= 4 is 28.4 Å². The van der Waals surface area contributed by atoms with E-state index < -0.39 is 0 Å². The molecule has 0 unspecified atom stereocenters. The minimum absolute atomic E-state index is 0.00426. The fourth-order valence-electron chi connectivity index (χ4n) is 3.34. The predicted molar refractivity (Wildman–Crippen MR) is 90.4 cm³/mol. The van der Waals surface area contributed by atoms with Crippen molar-refractivity contribution in [2.24, 2.45) is 5.41 Å². The van der Waals surface area contributed by atoms with E-state index in [1.54, 1.807) is 10.9 Å². The van der Waals surface area contributed by atoms with E-state index in [1.165, 1.54) is 0 Å². The van der Waals surface area contributed by atoms with Crippen LogP contribution in [0, 0.1) is 5.41 Å². The highest BCUT2D eigenvalue weighted by molar-refractivity contribution is 6.35. The van der Waals surface area contributed by atoms with Crippen molar-refractivity contribution in [2.75, 3.05) is 13.2 Å². The van der Waals surface area contributed by atoms with E-state index >= 15 is 0 Å². The van der Waals surface area contributed by atoms with Crippen LogP contribution in [0.2, 0.25) is 5.02 Å². The zero-order chi connectivity index (χ0) is 16.3. The molecular weight excluding hydrogens is 314 g/mol. The lowest BCUT2D eigenvalue weighted by Gasteiger charge is -2.26. The number of nitrogens with zero attached hydrogens (tertiary/aromatic N) is 2. The molecule has 6 heteroatoms. The zero-order valence-corrected chi connectivity index (χ0v) is 13.9. The second-order valence-electron chi connectivity index (χ2n) is 6.43. The molecule has 2 aromatic rings. The highest BCUT2D eigenvalue weighted by Crippen LogP contribution is 2.36. The molecule has 0 bridgehead atoms. The Bertz CT molecular complexity index is 692. The summed E-state index contributed by atoms with van der Waals surface area (Å²) < 4.78 is 1.80. The second kappa shape index (κ2) is 6.89. The molecule has 2 N–H and O–H groups in total. The van der Waals surface area contributed by atoms with Gasteiger partial charge in [-0.3, -0.25) is 9.48 Å². The first-order valence-electron chi connectivity index (χ1n) is 8.11. The lowest BCUT2D eigenvalue weighted by Crippen LogP contribution is -2.38. The van der Waals surface area contributed by atoms with E-state index in [0.29, 0.717) is 24.5 Å². The number of hydrogen-bond donors (Lipinski definition) is 2. The standard InChI is InChI=1S/C17H22ClN3O2/c18-14-4-3-5-15-13(14)10-20-21(15)9-6-16(23)19-11-17(12-22)7-1-2-8-17/h3-5,10,22H,1-2,6-9,11-12H2,(H,19,23). The number of aromatic nitrogens is 2. The van der Waals surface area contributed by atoms with Gasteiger partial charge in [0.25, 0.3) is 0 Å². The van der Waals surface area contributed by atoms with E-state index in [-0.39, 0.29) is 17.9 Å². The van der Waals surface area contributed by atoms with Crippen LogP contribution in [-0.2, 0) is 11.3 Å². The van der Waals surface area contributed by atoms with Gasteiger partial charge in [0.05, 0.1) is 29.9 Å². The quantitative estimate of drug-likeness (QED) is 0.853. The summed E-state index contributed by atoms with van der Waals surface area (Å²) in [6.07, 6.45) is 6.35. The maximum atomic E-state index is 12.1. The molecule has 23 heavy (non-hydrogen) atoms. The van der Waals surface area contributed by atoms with Crippen LogP contribution in [-0.4, -0.2) is 33.9 Å². The van der Waals surface area contributed by atoms with Gasteiger partial charge in [0.15, 0.2) is 0 Å². The van der Waals surface area contributed by atoms with Gasteiger partial charge in [-0.15, -0.1) is 0 Å². The number of halogens is 1. The lowest BCUT2D eigenvalue weighted by atomic mass is 9.87. The number of rotatable bonds is 6.